The average Bonchev–Trinajstić information content (AvgIpc) is 3.12. The highest BCUT2D eigenvalue weighted by Crippen LogP contribution is 2.29. The van der Waals surface area contributed by atoms with Gasteiger partial charge >= 0.3 is 0 Å². The number of aromatic nitrogens is 2. The lowest BCUT2D eigenvalue weighted by atomic mass is 10.00. The summed E-state index contributed by atoms with van der Waals surface area (Å²) in [4.78, 5) is 19.1. The number of imidazole rings is 1. The average molecular weight is 346 g/mol. The second-order valence-electron chi connectivity index (χ2n) is 6.25. The molecule has 0 spiro atoms. The van der Waals surface area contributed by atoms with Crippen molar-refractivity contribution in [3.8, 4) is 6.07 Å². The van der Waals surface area contributed by atoms with Crippen molar-refractivity contribution in [2.24, 2.45) is 0 Å². The minimum atomic E-state index is -0.560. The molecule has 0 bridgehead atoms. The van der Waals surface area contributed by atoms with Crippen LogP contribution in [0.1, 0.15) is 28.4 Å². The third-order valence-electron chi connectivity index (χ3n) is 4.54. The molecule has 0 N–H and O–H groups in total. The van der Waals surface area contributed by atoms with Gasteiger partial charge in [0.25, 0.3) is 5.91 Å². The van der Waals surface area contributed by atoms with Crippen LogP contribution in [0.15, 0.2) is 61.1 Å². The number of amides is 1. The first-order chi connectivity index (χ1) is 12.7. The number of benzene rings is 2. The fourth-order valence-electron chi connectivity index (χ4n) is 3.28. The Balaban J connectivity index is 1.71. The molecule has 0 saturated heterocycles. The van der Waals surface area contributed by atoms with E-state index in [2.05, 4.69) is 11.1 Å². The molecular formula is C20H15FN4O. The number of fused-ring (bicyclic) bond motifs is 1. The van der Waals surface area contributed by atoms with Crippen molar-refractivity contribution in [2.75, 3.05) is 0 Å². The Morgan fingerprint density at radius 3 is 2.81 bits per heavy atom. The Kier molecular flexibility index (Phi) is 3.98. The van der Waals surface area contributed by atoms with Gasteiger partial charge in [0.2, 0.25) is 0 Å². The van der Waals surface area contributed by atoms with Gasteiger partial charge in [-0.2, -0.15) is 5.26 Å². The number of carbonyl (C=O) groups is 1. The lowest BCUT2D eigenvalue weighted by Gasteiger charge is -2.34. The summed E-state index contributed by atoms with van der Waals surface area (Å²) in [6, 6.07) is 14.7. The highest BCUT2D eigenvalue weighted by molar-refractivity contribution is 5.85. The topological polar surface area (TPSA) is 61.9 Å². The first-order valence-electron chi connectivity index (χ1n) is 8.20. The maximum Gasteiger partial charge on any atom is 0.250 e. The van der Waals surface area contributed by atoms with E-state index in [4.69, 9.17) is 5.26 Å². The standard InChI is InChI=1S/C20H15FN4O/c21-17-6-4-14(5-7-17)11-24-12-18-10-23-13-25(18)19(20(24)26)16-3-1-2-15(8-16)9-22/h1-8,10,13,19H,11-12H2. The second-order valence-corrected chi connectivity index (χ2v) is 6.25. The molecule has 0 fully saturated rings. The predicted octanol–water partition coefficient (Wildman–Crippen LogP) is 3.03. The minimum absolute atomic E-state index is 0.0742. The van der Waals surface area contributed by atoms with Crippen LogP contribution in [-0.4, -0.2) is 20.4 Å². The molecule has 1 atom stereocenters. The van der Waals surface area contributed by atoms with Crippen molar-refractivity contribution in [3.05, 3.63) is 89.3 Å². The van der Waals surface area contributed by atoms with Crippen LogP contribution in [0.3, 0.4) is 0 Å². The molecule has 128 valence electrons. The molecule has 3 aromatic rings. The molecule has 5 nitrogen and oxygen atoms in total. The summed E-state index contributed by atoms with van der Waals surface area (Å²) in [5.74, 6) is -0.377. The monoisotopic (exact) mass is 346 g/mol. The van der Waals surface area contributed by atoms with Crippen LogP contribution in [-0.2, 0) is 17.9 Å². The van der Waals surface area contributed by atoms with E-state index >= 15 is 0 Å². The van der Waals surface area contributed by atoms with E-state index in [1.165, 1.54) is 12.1 Å². The van der Waals surface area contributed by atoms with E-state index in [0.29, 0.717) is 18.7 Å². The van der Waals surface area contributed by atoms with Crippen molar-refractivity contribution in [3.63, 3.8) is 0 Å². The van der Waals surface area contributed by atoms with Crippen molar-refractivity contribution in [2.45, 2.75) is 19.1 Å². The first-order valence-corrected chi connectivity index (χ1v) is 8.20. The van der Waals surface area contributed by atoms with E-state index in [9.17, 15) is 9.18 Å². The zero-order valence-electron chi connectivity index (χ0n) is 13.8. The second kappa shape index (κ2) is 6.45. The molecule has 1 aliphatic heterocycles. The van der Waals surface area contributed by atoms with E-state index in [1.54, 1.807) is 47.8 Å². The van der Waals surface area contributed by atoms with Crippen molar-refractivity contribution in [1.29, 1.82) is 5.26 Å². The molecule has 1 unspecified atom stereocenters. The fraction of sp³-hybridized carbons (Fsp3) is 0.150. The number of halogens is 1. The molecule has 2 aromatic carbocycles. The maximum atomic E-state index is 13.2. The Morgan fingerprint density at radius 2 is 2.04 bits per heavy atom. The maximum absolute atomic E-state index is 13.2. The molecule has 26 heavy (non-hydrogen) atoms. The quantitative estimate of drug-likeness (QED) is 0.732. The first kappa shape index (κ1) is 16.0. The van der Waals surface area contributed by atoms with Gasteiger partial charge in [-0.15, -0.1) is 0 Å². The van der Waals surface area contributed by atoms with Crippen LogP contribution in [0.5, 0.6) is 0 Å². The minimum Gasteiger partial charge on any atom is -0.330 e. The summed E-state index contributed by atoms with van der Waals surface area (Å²) in [5.41, 5.74) is 3.03. The summed E-state index contributed by atoms with van der Waals surface area (Å²) in [6.45, 7) is 0.823. The summed E-state index contributed by atoms with van der Waals surface area (Å²) >= 11 is 0. The molecular weight excluding hydrogens is 331 g/mol. The molecule has 1 aliphatic rings. The van der Waals surface area contributed by atoms with Gasteiger partial charge in [0.15, 0.2) is 0 Å². The largest absolute Gasteiger partial charge is 0.330 e. The summed E-state index contributed by atoms with van der Waals surface area (Å²) in [6.07, 6.45) is 3.39. The Hall–Kier alpha value is -3.46. The van der Waals surface area contributed by atoms with Gasteiger partial charge in [-0.05, 0) is 35.4 Å². The molecule has 1 amide bonds. The summed E-state index contributed by atoms with van der Waals surface area (Å²) in [7, 11) is 0. The van der Waals surface area contributed by atoms with Crippen LogP contribution in [0.25, 0.3) is 0 Å². The number of hydrogen-bond donors (Lipinski definition) is 0. The highest BCUT2D eigenvalue weighted by atomic mass is 19.1. The Morgan fingerprint density at radius 1 is 1.23 bits per heavy atom. The smallest absolute Gasteiger partial charge is 0.250 e. The molecule has 2 heterocycles. The molecule has 0 saturated carbocycles. The summed E-state index contributed by atoms with van der Waals surface area (Å²) in [5, 5.41) is 9.16. The Labute approximate surface area is 149 Å². The highest BCUT2D eigenvalue weighted by Gasteiger charge is 2.34. The van der Waals surface area contributed by atoms with E-state index in [0.717, 1.165) is 16.8 Å². The SMILES string of the molecule is N#Cc1cccc(C2C(=O)N(Cc3ccc(F)cc3)Cc3cncn32)c1. The third kappa shape index (κ3) is 2.84. The molecule has 1 aromatic heterocycles. The summed E-state index contributed by atoms with van der Waals surface area (Å²) < 4.78 is 15.0. The predicted molar refractivity (Wildman–Crippen MR) is 92.2 cm³/mol. The fourth-order valence-corrected chi connectivity index (χ4v) is 3.28. The van der Waals surface area contributed by atoms with Crippen LogP contribution in [0.2, 0.25) is 0 Å². The number of rotatable bonds is 3. The van der Waals surface area contributed by atoms with Crippen LogP contribution in [0, 0.1) is 17.1 Å². The third-order valence-corrected chi connectivity index (χ3v) is 4.54. The van der Waals surface area contributed by atoms with Gasteiger partial charge in [-0.3, -0.25) is 4.79 Å². The van der Waals surface area contributed by atoms with E-state index in [-0.39, 0.29) is 11.7 Å². The molecule has 0 aliphatic carbocycles. The normalized spacial score (nSPS) is 16.2. The van der Waals surface area contributed by atoms with Gasteiger partial charge in [-0.25, -0.2) is 9.37 Å². The zero-order valence-corrected chi connectivity index (χ0v) is 13.8. The number of nitrogens with zero attached hydrogens (tertiary/aromatic N) is 4. The van der Waals surface area contributed by atoms with Gasteiger partial charge in [0, 0.05) is 12.7 Å². The lowest BCUT2D eigenvalue weighted by molar-refractivity contribution is -0.136. The van der Waals surface area contributed by atoms with Crippen LogP contribution in [0.4, 0.5) is 4.39 Å². The lowest BCUT2D eigenvalue weighted by Crippen LogP contribution is -2.42. The van der Waals surface area contributed by atoms with E-state index in [1.807, 2.05) is 10.6 Å². The van der Waals surface area contributed by atoms with Crippen LogP contribution < -0.4 is 0 Å². The molecule has 0 radical (unpaired) electrons. The van der Waals surface area contributed by atoms with Gasteiger partial charge in [-0.1, -0.05) is 24.3 Å². The van der Waals surface area contributed by atoms with Gasteiger partial charge in [0.1, 0.15) is 11.9 Å². The van der Waals surface area contributed by atoms with Gasteiger partial charge in [0.05, 0.1) is 30.2 Å². The van der Waals surface area contributed by atoms with Crippen molar-refractivity contribution < 1.29 is 9.18 Å². The molecule has 6 heteroatoms. The Bertz CT molecular complexity index is 1000. The van der Waals surface area contributed by atoms with Crippen molar-refractivity contribution in [1.82, 2.24) is 14.5 Å². The number of carbonyl (C=O) groups excluding carboxylic acids is 1. The number of hydrogen-bond acceptors (Lipinski definition) is 3. The number of nitriles is 1. The van der Waals surface area contributed by atoms with E-state index < -0.39 is 6.04 Å². The zero-order chi connectivity index (χ0) is 18.1. The van der Waals surface area contributed by atoms with Crippen molar-refractivity contribution >= 4 is 5.91 Å². The van der Waals surface area contributed by atoms with Gasteiger partial charge < -0.3 is 9.47 Å². The van der Waals surface area contributed by atoms with Crippen LogP contribution >= 0.6 is 0 Å². The molecule has 4 rings (SSSR count).